The van der Waals surface area contributed by atoms with E-state index in [1.807, 2.05) is 13.8 Å². The molecule has 0 atom stereocenters. The molecule has 0 radical (unpaired) electrons. The Hall–Kier alpha value is -2.14. The summed E-state index contributed by atoms with van der Waals surface area (Å²) in [6, 6.07) is 8.48. The summed E-state index contributed by atoms with van der Waals surface area (Å²) >= 11 is 0. The first-order chi connectivity index (χ1) is 11.7. The molecule has 1 N–H and O–H groups in total. The molecular formula is C19H25N3O2. The first-order valence-electron chi connectivity index (χ1n) is 8.55. The first kappa shape index (κ1) is 16.7. The molecule has 5 nitrogen and oxygen atoms in total. The number of aromatic nitrogens is 2. The van der Waals surface area contributed by atoms with Crippen LogP contribution in [0.1, 0.15) is 31.0 Å². The van der Waals surface area contributed by atoms with Gasteiger partial charge in [-0.05, 0) is 44.4 Å². The first-order valence-corrected chi connectivity index (χ1v) is 8.55. The molecule has 0 saturated carbocycles. The molecule has 2 heterocycles. The molecule has 1 fully saturated rings. The number of nitrogens with zero attached hydrogens (tertiary/aromatic N) is 2. The normalized spacial score (nSPS) is 16.6. The van der Waals surface area contributed by atoms with E-state index in [0.717, 1.165) is 49.9 Å². The van der Waals surface area contributed by atoms with Crippen molar-refractivity contribution in [3.63, 3.8) is 0 Å². The van der Waals surface area contributed by atoms with Gasteiger partial charge in [-0.15, -0.1) is 0 Å². The highest BCUT2D eigenvalue weighted by Gasteiger charge is 2.34. The van der Waals surface area contributed by atoms with Crippen LogP contribution in [0.15, 0.2) is 36.7 Å². The molecule has 1 aliphatic heterocycles. The maximum absolute atomic E-state index is 5.60. The van der Waals surface area contributed by atoms with Gasteiger partial charge in [0.05, 0.1) is 18.5 Å². The van der Waals surface area contributed by atoms with Crippen LogP contribution in [0.3, 0.4) is 0 Å². The van der Waals surface area contributed by atoms with Crippen LogP contribution in [0.25, 0.3) is 0 Å². The number of rotatable bonds is 6. The van der Waals surface area contributed by atoms with E-state index in [-0.39, 0.29) is 5.41 Å². The van der Waals surface area contributed by atoms with Gasteiger partial charge in [-0.3, -0.25) is 4.98 Å². The van der Waals surface area contributed by atoms with Crippen molar-refractivity contribution in [3.05, 3.63) is 47.9 Å². The fourth-order valence-corrected chi connectivity index (χ4v) is 3.21. The Kier molecular flexibility index (Phi) is 5.30. The number of benzene rings is 1. The molecule has 0 bridgehead atoms. The fourth-order valence-electron chi connectivity index (χ4n) is 3.21. The lowest BCUT2D eigenvalue weighted by Gasteiger charge is -2.38. The zero-order chi connectivity index (χ0) is 16.8. The molecule has 24 heavy (non-hydrogen) atoms. The molecule has 5 heteroatoms. The van der Waals surface area contributed by atoms with Crippen LogP contribution in [-0.2, 0) is 10.2 Å². The fraction of sp³-hybridized carbons (Fsp3) is 0.474. The van der Waals surface area contributed by atoms with Crippen molar-refractivity contribution < 1.29 is 9.47 Å². The van der Waals surface area contributed by atoms with Gasteiger partial charge < -0.3 is 14.8 Å². The van der Waals surface area contributed by atoms with E-state index in [0.29, 0.717) is 6.61 Å². The zero-order valence-corrected chi connectivity index (χ0v) is 14.4. The van der Waals surface area contributed by atoms with Crippen LogP contribution < -0.4 is 10.1 Å². The highest BCUT2D eigenvalue weighted by Crippen LogP contribution is 2.35. The quantitative estimate of drug-likeness (QED) is 0.882. The van der Waals surface area contributed by atoms with Gasteiger partial charge in [-0.25, -0.2) is 4.98 Å². The minimum atomic E-state index is 0.0500. The highest BCUT2D eigenvalue weighted by atomic mass is 16.5. The van der Waals surface area contributed by atoms with Gasteiger partial charge in [0.1, 0.15) is 11.6 Å². The number of nitrogens with one attached hydrogen (secondary N) is 1. The van der Waals surface area contributed by atoms with Crippen LogP contribution in [0.4, 0.5) is 5.82 Å². The molecule has 0 amide bonds. The molecule has 2 aromatic rings. The lowest BCUT2D eigenvalue weighted by Crippen LogP contribution is -2.40. The molecule has 3 rings (SSSR count). The largest absolute Gasteiger partial charge is 0.494 e. The highest BCUT2D eigenvalue weighted by molar-refractivity contribution is 5.37. The lowest BCUT2D eigenvalue weighted by molar-refractivity contribution is 0.0543. The van der Waals surface area contributed by atoms with E-state index >= 15 is 0 Å². The number of hydrogen-bond donors (Lipinski definition) is 1. The van der Waals surface area contributed by atoms with Crippen LogP contribution >= 0.6 is 0 Å². The summed E-state index contributed by atoms with van der Waals surface area (Å²) in [7, 11) is 0. The number of ether oxygens (including phenoxy) is 2. The Morgan fingerprint density at radius 2 is 1.92 bits per heavy atom. The Morgan fingerprint density at radius 1 is 1.17 bits per heavy atom. The summed E-state index contributed by atoms with van der Waals surface area (Å²) in [5, 5.41) is 3.47. The number of hydrogen-bond acceptors (Lipinski definition) is 5. The number of aryl methyl sites for hydroxylation is 1. The van der Waals surface area contributed by atoms with Crippen molar-refractivity contribution in [1.29, 1.82) is 0 Å². The summed E-state index contributed by atoms with van der Waals surface area (Å²) in [6.45, 7) is 7.03. The molecular weight excluding hydrogens is 302 g/mol. The van der Waals surface area contributed by atoms with Crippen molar-refractivity contribution in [2.45, 2.75) is 32.1 Å². The summed E-state index contributed by atoms with van der Waals surface area (Å²) in [5.41, 5.74) is 2.29. The zero-order valence-electron chi connectivity index (χ0n) is 14.4. The monoisotopic (exact) mass is 327 g/mol. The van der Waals surface area contributed by atoms with E-state index in [4.69, 9.17) is 9.47 Å². The maximum atomic E-state index is 5.60. The summed E-state index contributed by atoms with van der Waals surface area (Å²) in [4.78, 5) is 8.71. The van der Waals surface area contributed by atoms with Crippen molar-refractivity contribution >= 4 is 5.82 Å². The predicted molar refractivity (Wildman–Crippen MR) is 94.6 cm³/mol. The van der Waals surface area contributed by atoms with Crippen molar-refractivity contribution in [2.75, 3.05) is 31.7 Å². The topological polar surface area (TPSA) is 56.3 Å². The minimum absolute atomic E-state index is 0.0500. The van der Waals surface area contributed by atoms with E-state index in [1.165, 1.54) is 5.56 Å². The van der Waals surface area contributed by atoms with Crippen LogP contribution in [0.5, 0.6) is 5.75 Å². The van der Waals surface area contributed by atoms with Gasteiger partial charge in [-0.1, -0.05) is 12.1 Å². The predicted octanol–water partition coefficient (Wildman–Crippen LogP) is 3.34. The molecule has 0 aliphatic carbocycles. The van der Waals surface area contributed by atoms with E-state index < -0.39 is 0 Å². The van der Waals surface area contributed by atoms with Gasteiger partial charge in [0.15, 0.2) is 0 Å². The molecule has 1 aromatic carbocycles. The molecule has 0 spiro atoms. The summed E-state index contributed by atoms with van der Waals surface area (Å²) < 4.78 is 11.2. The standard InChI is InChI=1S/C19H25N3O2/c1-3-24-17-6-4-16(5-7-17)19(8-10-23-11-9-19)14-21-18-13-20-12-15(2)22-18/h4-7,12-13H,3,8-11,14H2,1-2H3,(H,21,22). The van der Waals surface area contributed by atoms with Gasteiger partial charge in [0, 0.05) is 31.4 Å². The SMILES string of the molecule is CCOc1ccc(C2(CNc3cncc(C)n3)CCOCC2)cc1. The Morgan fingerprint density at radius 3 is 2.58 bits per heavy atom. The average molecular weight is 327 g/mol. The van der Waals surface area contributed by atoms with Gasteiger partial charge in [-0.2, -0.15) is 0 Å². The number of anilines is 1. The molecule has 1 saturated heterocycles. The molecule has 0 unspecified atom stereocenters. The van der Waals surface area contributed by atoms with Crippen molar-refractivity contribution in [3.8, 4) is 5.75 Å². The van der Waals surface area contributed by atoms with Crippen molar-refractivity contribution in [1.82, 2.24) is 9.97 Å². The summed E-state index contributed by atoms with van der Waals surface area (Å²) in [5.74, 6) is 1.74. The Balaban J connectivity index is 1.79. The van der Waals surface area contributed by atoms with Crippen LogP contribution in [-0.4, -0.2) is 36.3 Å². The van der Waals surface area contributed by atoms with Gasteiger partial charge in [0.25, 0.3) is 0 Å². The minimum Gasteiger partial charge on any atom is -0.494 e. The van der Waals surface area contributed by atoms with Crippen LogP contribution in [0.2, 0.25) is 0 Å². The van der Waals surface area contributed by atoms with Gasteiger partial charge >= 0.3 is 0 Å². The van der Waals surface area contributed by atoms with Crippen LogP contribution in [0, 0.1) is 6.92 Å². The average Bonchev–Trinajstić information content (AvgIpc) is 2.62. The third-order valence-corrected chi connectivity index (χ3v) is 4.59. The molecule has 1 aliphatic rings. The second-order valence-electron chi connectivity index (χ2n) is 6.25. The molecule has 1 aromatic heterocycles. The summed E-state index contributed by atoms with van der Waals surface area (Å²) in [6.07, 6.45) is 5.53. The second-order valence-corrected chi connectivity index (χ2v) is 6.25. The smallest absolute Gasteiger partial charge is 0.144 e. The van der Waals surface area contributed by atoms with E-state index in [1.54, 1.807) is 12.4 Å². The Labute approximate surface area is 143 Å². The lowest BCUT2D eigenvalue weighted by atomic mass is 9.74. The third kappa shape index (κ3) is 3.85. The Bertz CT molecular complexity index is 652. The van der Waals surface area contributed by atoms with E-state index in [9.17, 15) is 0 Å². The third-order valence-electron chi connectivity index (χ3n) is 4.59. The van der Waals surface area contributed by atoms with E-state index in [2.05, 4.69) is 39.6 Å². The maximum Gasteiger partial charge on any atom is 0.144 e. The van der Waals surface area contributed by atoms with Gasteiger partial charge in [0.2, 0.25) is 0 Å². The van der Waals surface area contributed by atoms with Crippen molar-refractivity contribution in [2.24, 2.45) is 0 Å². The second kappa shape index (κ2) is 7.62. The molecule has 128 valence electrons.